The highest BCUT2D eigenvalue weighted by atomic mass is 16.5. The molecule has 12 heteroatoms. The Kier molecular flexibility index (Phi) is 13.6. The minimum Gasteiger partial charge on any atom is -0.504 e. The van der Waals surface area contributed by atoms with Crippen molar-refractivity contribution in [2.75, 3.05) is 32.7 Å². The van der Waals surface area contributed by atoms with E-state index in [-0.39, 0.29) is 48.8 Å². The van der Waals surface area contributed by atoms with Crippen molar-refractivity contribution in [2.45, 2.75) is 121 Å². The Morgan fingerprint density at radius 3 is 2.69 bits per heavy atom. The van der Waals surface area contributed by atoms with Crippen molar-refractivity contribution in [3.8, 4) is 23.3 Å². The van der Waals surface area contributed by atoms with Gasteiger partial charge in [-0.05, 0) is 106 Å². The van der Waals surface area contributed by atoms with E-state index in [4.69, 9.17) is 20.2 Å². The fourth-order valence-electron chi connectivity index (χ4n) is 9.04. The molecule has 1 fully saturated rings. The maximum absolute atomic E-state index is 12.7. The number of nitrogens with one attached hydrogen (secondary N) is 3. The lowest BCUT2D eigenvalue weighted by atomic mass is 9.72. The van der Waals surface area contributed by atoms with Crippen LogP contribution < -0.4 is 26.4 Å². The summed E-state index contributed by atoms with van der Waals surface area (Å²) in [6, 6.07) is 12.0. The number of hydrogen-bond donors (Lipinski definition) is 8. The molecule has 2 aromatic carbocycles. The topological polar surface area (TPSA) is 191 Å². The van der Waals surface area contributed by atoms with E-state index in [0.29, 0.717) is 43.5 Å². The van der Waals surface area contributed by atoms with Crippen LogP contribution in [-0.2, 0) is 35.4 Å². The number of piperidine rings is 1. The molecule has 300 valence electrons. The highest BCUT2D eigenvalue weighted by Crippen LogP contribution is 2.40. The van der Waals surface area contributed by atoms with Gasteiger partial charge in [0.05, 0.1) is 30.8 Å². The number of rotatable bonds is 3. The van der Waals surface area contributed by atoms with Gasteiger partial charge in [0, 0.05) is 50.2 Å². The van der Waals surface area contributed by atoms with E-state index < -0.39 is 35.6 Å². The van der Waals surface area contributed by atoms with Gasteiger partial charge in [0.1, 0.15) is 12.2 Å². The minimum atomic E-state index is -1.00. The number of aromatic hydroxyl groups is 1. The van der Waals surface area contributed by atoms with E-state index in [1.807, 2.05) is 6.07 Å². The van der Waals surface area contributed by atoms with Crippen molar-refractivity contribution in [2.24, 2.45) is 28.0 Å². The number of fused-ring (bicyclic) bond motifs is 8. The number of aliphatic hydroxyl groups is 3. The summed E-state index contributed by atoms with van der Waals surface area (Å²) in [5.41, 5.74) is 8.86. The summed E-state index contributed by atoms with van der Waals surface area (Å²) in [6.07, 6.45) is 4.04. The molecule has 1 saturated heterocycles. The average molecular weight is 760 g/mol. The summed E-state index contributed by atoms with van der Waals surface area (Å²) in [7, 11) is 0. The number of nitrogens with zero attached hydrogens (tertiary/aromatic N) is 1. The maximum atomic E-state index is 12.7. The number of esters is 1. The Labute approximate surface area is 325 Å². The molecule has 12 nitrogen and oxygen atoms in total. The second kappa shape index (κ2) is 18.4. The van der Waals surface area contributed by atoms with Gasteiger partial charge in [-0.1, -0.05) is 42.5 Å². The lowest BCUT2D eigenvalue weighted by Gasteiger charge is -2.42. The number of carbonyl (C=O) groups is 1. The van der Waals surface area contributed by atoms with Gasteiger partial charge in [0.2, 0.25) is 0 Å². The monoisotopic (exact) mass is 759 g/mol. The third-order valence-electron chi connectivity index (χ3n) is 12.3. The van der Waals surface area contributed by atoms with Crippen LogP contribution in [0.4, 0.5) is 0 Å². The SMILES string of the molecule is CC(=O)O[C@H]1C[C@@H](O)CC[C@]2([C@H](C)O)C#C[C@H]3CCC[C@@]4(CNCCc5cccc(c5)CCNC(N)=NC2)C[C@@H](CCN4)Oc2cc(c(CO)cc2O)C[C@H]13. The summed E-state index contributed by atoms with van der Waals surface area (Å²) in [5.74, 6) is 6.54. The summed E-state index contributed by atoms with van der Waals surface area (Å²) >= 11 is 0. The number of guanidine groups is 1. The number of phenols is 1. The molecule has 4 aliphatic rings. The molecule has 0 saturated carbocycles. The van der Waals surface area contributed by atoms with Crippen molar-refractivity contribution in [1.82, 2.24) is 16.0 Å². The predicted molar refractivity (Wildman–Crippen MR) is 211 cm³/mol. The van der Waals surface area contributed by atoms with Gasteiger partial charge in [-0.25, -0.2) is 0 Å². The van der Waals surface area contributed by atoms with Crippen LogP contribution in [0.1, 0.15) is 87.5 Å². The summed E-state index contributed by atoms with van der Waals surface area (Å²) in [6.45, 7) is 5.80. The van der Waals surface area contributed by atoms with Crippen LogP contribution in [-0.4, -0.2) is 95.0 Å². The quantitative estimate of drug-likeness (QED) is 0.170. The molecule has 1 aliphatic carbocycles. The number of phenolic OH excluding ortho intramolecular Hbond substituents is 1. The normalized spacial score (nSPS) is 31.4. The van der Waals surface area contributed by atoms with E-state index in [2.05, 4.69) is 52.1 Å². The zero-order valence-corrected chi connectivity index (χ0v) is 32.5. The Morgan fingerprint density at radius 1 is 1.13 bits per heavy atom. The molecule has 2 aromatic rings. The molecule has 9 N–H and O–H groups in total. The van der Waals surface area contributed by atoms with Crippen molar-refractivity contribution < 1.29 is 34.7 Å². The zero-order valence-electron chi connectivity index (χ0n) is 32.5. The Hall–Kier alpha value is -3.86. The second-order valence-electron chi connectivity index (χ2n) is 16.4. The highest BCUT2D eigenvalue weighted by molar-refractivity contribution is 5.77. The van der Waals surface area contributed by atoms with Crippen molar-refractivity contribution in [3.63, 3.8) is 0 Å². The first-order chi connectivity index (χ1) is 26.5. The van der Waals surface area contributed by atoms with Gasteiger partial charge in [-0.2, -0.15) is 0 Å². The molecule has 3 heterocycles. The predicted octanol–water partition coefficient (Wildman–Crippen LogP) is 2.85. The highest BCUT2D eigenvalue weighted by Gasteiger charge is 2.41. The molecule has 55 heavy (non-hydrogen) atoms. The smallest absolute Gasteiger partial charge is 0.302 e. The lowest BCUT2D eigenvalue weighted by molar-refractivity contribution is -0.152. The van der Waals surface area contributed by atoms with Crippen LogP contribution in [0.3, 0.4) is 0 Å². The molecule has 3 aliphatic heterocycles. The third kappa shape index (κ3) is 10.5. The first kappa shape index (κ1) is 40.8. The average Bonchev–Trinajstić information content (AvgIpc) is 3.15. The molecule has 6 rings (SSSR count). The van der Waals surface area contributed by atoms with Crippen LogP contribution in [0.15, 0.2) is 41.4 Å². The van der Waals surface area contributed by atoms with Crippen LogP contribution in [0.5, 0.6) is 11.5 Å². The van der Waals surface area contributed by atoms with Crippen LogP contribution in [0.2, 0.25) is 0 Å². The molecule has 1 spiro atoms. The molecular formula is C43H61N5O7. The third-order valence-corrected chi connectivity index (χ3v) is 12.3. The van der Waals surface area contributed by atoms with Crippen molar-refractivity contribution in [1.29, 1.82) is 0 Å². The van der Waals surface area contributed by atoms with Crippen molar-refractivity contribution >= 4 is 11.9 Å². The number of aliphatic imine (C=N–C) groups is 1. The molecule has 8 atom stereocenters. The van der Waals surface area contributed by atoms with Gasteiger partial charge in [-0.15, -0.1) is 0 Å². The number of benzene rings is 2. The van der Waals surface area contributed by atoms with E-state index >= 15 is 0 Å². The Bertz CT molecular complexity index is 1720. The summed E-state index contributed by atoms with van der Waals surface area (Å²) < 4.78 is 12.7. The Balaban J connectivity index is 1.49. The zero-order chi connectivity index (χ0) is 39.0. The summed E-state index contributed by atoms with van der Waals surface area (Å²) in [4.78, 5) is 17.4. The molecule has 8 bridgehead atoms. The van der Waals surface area contributed by atoms with Crippen LogP contribution in [0.25, 0.3) is 0 Å². The van der Waals surface area contributed by atoms with E-state index in [9.17, 15) is 25.2 Å². The van der Waals surface area contributed by atoms with Crippen LogP contribution >= 0.6 is 0 Å². The van der Waals surface area contributed by atoms with Crippen LogP contribution in [0, 0.1) is 29.1 Å². The Morgan fingerprint density at radius 2 is 1.93 bits per heavy atom. The largest absolute Gasteiger partial charge is 0.504 e. The number of ether oxygens (including phenoxy) is 2. The minimum absolute atomic E-state index is 0.0365. The molecule has 0 unspecified atom stereocenters. The lowest BCUT2D eigenvalue weighted by Crippen LogP contribution is -2.59. The van der Waals surface area contributed by atoms with E-state index in [0.717, 1.165) is 63.7 Å². The molecule has 0 aromatic heterocycles. The fraction of sp³-hybridized carbons (Fsp3) is 0.628. The number of aliphatic hydroxyl groups excluding tert-OH is 3. The molecule has 0 amide bonds. The standard InChI is InChI=1S/C43H61N5O7/c1-28(50)42-14-8-32-7-4-13-43(27-45-16-10-30-5-3-6-31(19-30)11-17-46-41(44)47-26-42)24-36(12-18-48-43)55-40-22-33(34(25-49)21-38(40)53)20-37(32)39(54-29(2)51)23-35(52)9-15-42/h3,5-6,19,21-22,28,32,35-37,39,45,48-50,52-53H,4,7,9-13,15-18,20,23-27H2,1-2H3,(H3,44,46,47)/t28-,32+,35-,36+,37-,39-,42+,43-/m0/s1. The number of hydrogen-bond acceptors (Lipinski definition) is 12. The molecular weight excluding hydrogens is 699 g/mol. The first-order valence-electron chi connectivity index (χ1n) is 20.2. The number of nitrogens with two attached hydrogens (primary N) is 1. The first-order valence-corrected chi connectivity index (χ1v) is 20.2. The van der Waals surface area contributed by atoms with Crippen molar-refractivity contribution in [3.05, 3.63) is 58.7 Å². The van der Waals surface area contributed by atoms with Gasteiger partial charge < -0.3 is 51.6 Å². The van der Waals surface area contributed by atoms with Gasteiger partial charge in [-0.3, -0.25) is 9.79 Å². The van der Waals surface area contributed by atoms with Gasteiger partial charge in [0.25, 0.3) is 0 Å². The fourth-order valence-corrected chi connectivity index (χ4v) is 9.04. The number of carbonyl (C=O) groups excluding carboxylic acids is 1. The van der Waals surface area contributed by atoms with E-state index in [1.54, 1.807) is 13.0 Å². The maximum Gasteiger partial charge on any atom is 0.302 e. The van der Waals surface area contributed by atoms with E-state index in [1.165, 1.54) is 18.1 Å². The summed E-state index contributed by atoms with van der Waals surface area (Å²) in [5, 5.41) is 55.5. The second-order valence-corrected chi connectivity index (χ2v) is 16.4. The molecule has 0 radical (unpaired) electrons. The van der Waals surface area contributed by atoms with Gasteiger partial charge >= 0.3 is 5.97 Å². The van der Waals surface area contributed by atoms with Gasteiger partial charge in [0.15, 0.2) is 17.5 Å².